The number of carbonyl (C=O) groups excluding carboxylic acids is 1. The second kappa shape index (κ2) is 16.6. The fourth-order valence-corrected chi connectivity index (χ4v) is 1.61. The minimum atomic E-state index is -0.381. The maximum absolute atomic E-state index is 11.2. The van der Waals surface area contributed by atoms with Crippen LogP contribution < -0.4 is 5.32 Å². The zero-order valence-corrected chi connectivity index (χ0v) is 14.2. The smallest absolute Gasteiger partial charge is 0.407 e. The normalized spacial score (nSPS) is 10.6. The van der Waals surface area contributed by atoms with Crippen molar-refractivity contribution < 1.29 is 19.0 Å². The lowest BCUT2D eigenvalue weighted by molar-refractivity contribution is 0.0270. The SMILES string of the molecule is C.CC(C)CCCCOCCOCCOC(=O)NCC(C)C. The first-order valence-corrected chi connectivity index (χ1v) is 8.08. The van der Waals surface area contributed by atoms with Gasteiger partial charge >= 0.3 is 6.09 Å². The second-order valence-electron chi connectivity index (χ2n) is 6.03. The zero-order chi connectivity index (χ0) is 15.9. The molecule has 0 unspecified atom stereocenters. The second-order valence-corrected chi connectivity index (χ2v) is 6.03. The van der Waals surface area contributed by atoms with Crippen LogP contribution >= 0.6 is 0 Å². The van der Waals surface area contributed by atoms with Crippen molar-refractivity contribution in [3.8, 4) is 0 Å². The van der Waals surface area contributed by atoms with E-state index in [2.05, 4.69) is 19.2 Å². The summed E-state index contributed by atoms with van der Waals surface area (Å²) >= 11 is 0. The number of ether oxygens (including phenoxy) is 3. The number of carbonyl (C=O) groups is 1. The zero-order valence-electron chi connectivity index (χ0n) is 14.2. The van der Waals surface area contributed by atoms with Gasteiger partial charge in [-0.25, -0.2) is 4.79 Å². The summed E-state index contributed by atoms with van der Waals surface area (Å²) in [6.07, 6.45) is 3.21. The lowest BCUT2D eigenvalue weighted by Crippen LogP contribution is -2.29. The molecule has 22 heavy (non-hydrogen) atoms. The van der Waals surface area contributed by atoms with Crippen molar-refractivity contribution in [3.05, 3.63) is 0 Å². The molecule has 0 atom stereocenters. The van der Waals surface area contributed by atoms with Crippen LogP contribution in [0.1, 0.15) is 54.4 Å². The molecule has 0 radical (unpaired) electrons. The van der Waals surface area contributed by atoms with Gasteiger partial charge in [-0.1, -0.05) is 48.0 Å². The van der Waals surface area contributed by atoms with E-state index in [9.17, 15) is 4.79 Å². The fraction of sp³-hybridized carbons (Fsp3) is 0.941. The van der Waals surface area contributed by atoms with Gasteiger partial charge in [0.1, 0.15) is 6.61 Å². The van der Waals surface area contributed by atoms with Gasteiger partial charge in [-0.3, -0.25) is 0 Å². The summed E-state index contributed by atoms with van der Waals surface area (Å²) in [6, 6.07) is 0. The van der Waals surface area contributed by atoms with E-state index >= 15 is 0 Å². The van der Waals surface area contributed by atoms with Gasteiger partial charge < -0.3 is 19.5 Å². The average Bonchev–Trinajstić information content (AvgIpc) is 2.42. The quantitative estimate of drug-likeness (QED) is 0.524. The van der Waals surface area contributed by atoms with E-state index in [0.29, 0.717) is 32.3 Å². The minimum absolute atomic E-state index is 0. The third kappa shape index (κ3) is 19.2. The van der Waals surface area contributed by atoms with Gasteiger partial charge in [0.25, 0.3) is 0 Å². The van der Waals surface area contributed by atoms with Gasteiger partial charge in [-0.15, -0.1) is 0 Å². The van der Waals surface area contributed by atoms with Gasteiger partial charge in [0.05, 0.1) is 19.8 Å². The van der Waals surface area contributed by atoms with E-state index in [-0.39, 0.29) is 20.1 Å². The molecule has 1 amide bonds. The lowest BCUT2D eigenvalue weighted by Gasteiger charge is -2.09. The fourth-order valence-electron chi connectivity index (χ4n) is 1.61. The first-order chi connectivity index (χ1) is 10.0. The predicted molar refractivity (Wildman–Crippen MR) is 91.2 cm³/mol. The highest BCUT2D eigenvalue weighted by molar-refractivity contribution is 5.67. The van der Waals surface area contributed by atoms with Crippen molar-refractivity contribution >= 4 is 6.09 Å². The van der Waals surface area contributed by atoms with Gasteiger partial charge in [-0.05, 0) is 18.3 Å². The van der Waals surface area contributed by atoms with Crippen molar-refractivity contribution in [2.24, 2.45) is 11.8 Å². The highest BCUT2D eigenvalue weighted by atomic mass is 16.6. The molecule has 0 bridgehead atoms. The molecular weight excluding hydrogens is 282 g/mol. The molecule has 0 heterocycles. The molecule has 5 heteroatoms. The highest BCUT2D eigenvalue weighted by Crippen LogP contribution is 2.05. The summed E-state index contributed by atoms with van der Waals surface area (Å²) < 4.78 is 15.7. The Labute approximate surface area is 137 Å². The van der Waals surface area contributed by atoms with Crippen LogP contribution in [0.25, 0.3) is 0 Å². The molecule has 0 aliphatic carbocycles. The first-order valence-electron chi connectivity index (χ1n) is 8.08. The summed E-state index contributed by atoms with van der Waals surface area (Å²) in [5.74, 6) is 1.19. The van der Waals surface area contributed by atoms with E-state index in [1.807, 2.05) is 13.8 Å². The van der Waals surface area contributed by atoms with Gasteiger partial charge in [0.2, 0.25) is 0 Å². The van der Waals surface area contributed by atoms with Crippen LogP contribution in [0.4, 0.5) is 4.79 Å². The number of rotatable bonds is 13. The van der Waals surface area contributed by atoms with Crippen LogP contribution in [0.3, 0.4) is 0 Å². The molecule has 0 rings (SSSR count). The molecule has 134 valence electrons. The lowest BCUT2D eigenvalue weighted by atomic mass is 10.1. The van der Waals surface area contributed by atoms with Crippen LogP contribution in [-0.4, -0.2) is 45.7 Å². The molecule has 0 saturated heterocycles. The van der Waals surface area contributed by atoms with Crippen molar-refractivity contribution in [1.82, 2.24) is 5.32 Å². The van der Waals surface area contributed by atoms with Crippen LogP contribution in [0, 0.1) is 11.8 Å². The summed E-state index contributed by atoms with van der Waals surface area (Å²) in [5.41, 5.74) is 0. The molecule has 0 aliphatic rings. The van der Waals surface area contributed by atoms with Crippen molar-refractivity contribution in [2.75, 3.05) is 39.6 Å². The number of alkyl carbamates (subject to hydrolysis) is 1. The topological polar surface area (TPSA) is 56.8 Å². The molecular formula is C17H37NO4. The average molecular weight is 319 g/mol. The maximum Gasteiger partial charge on any atom is 0.407 e. The Morgan fingerprint density at radius 1 is 0.864 bits per heavy atom. The first kappa shape index (κ1) is 23.5. The molecule has 0 aromatic heterocycles. The van der Waals surface area contributed by atoms with Crippen molar-refractivity contribution in [2.45, 2.75) is 54.4 Å². The molecule has 0 aromatic carbocycles. The number of unbranched alkanes of at least 4 members (excludes halogenated alkanes) is 1. The Bertz CT molecular complexity index is 245. The molecule has 0 spiro atoms. The summed E-state index contributed by atoms with van der Waals surface area (Å²) in [5, 5.41) is 2.68. The van der Waals surface area contributed by atoms with Gasteiger partial charge in [0.15, 0.2) is 0 Å². The molecule has 0 saturated carbocycles. The van der Waals surface area contributed by atoms with E-state index < -0.39 is 0 Å². The van der Waals surface area contributed by atoms with Crippen molar-refractivity contribution in [1.29, 1.82) is 0 Å². The summed E-state index contributed by atoms with van der Waals surface area (Å²) in [4.78, 5) is 11.2. The Morgan fingerprint density at radius 3 is 2.05 bits per heavy atom. The third-order valence-electron chi connectivity index (χ3n) is 2.81. The monoisotopic (exact) mass is 319 g/mol. The van der Waals surface area contributed by atoms with E-state index in [1.165, 1.54) is 12.8 Å². The number of hydrogen-bond donors (Lipinski definition) is 1. The molecule has 0 aromatic rings. The molecule has 5 nitrogen and oxygen atoms in total. The Kier molecular flexibility index (Phi) is 17.7. The largest absolute Gasteiger partial charge is 0.447 e. The number of hydrogen-bond acceptors (Lipinski definition) is 4. The Hall–Kier alpha value is -0.810. The predicted octanol–water partition coefficient (Wildman–Crippen LogP) is 3.86. The molecule has 0 aliphatic heterocycles. The highest BCUT2D eigenvalue weighted by Gasteiger charge is 2.02. The molecule has 1 N–H and O–H groups in total. The van der Waals surface area contributed by atoms with Gasteiger partial charge in [-0.2, -0.15) is 0 Å². The van der Waals surface area contributed by atoms with E-state index in [0.717, 1.165) is 18.9 Å². The van der Waals surface area contributed by atoms with Crippen LogP contribution in [0.15, 0.2) is 0 Å². The van der Waals surface area contributed by atoms with Crippen LogP contribution in [-0.2, 0) is 14.2 Å². The van der Waals surface area contributed by atoms with E-state index in [4.69, 9.17) is 14.2 Å². The standard InChI is InChI=1S/C16H33NO4.CH4/c1-14(2)7-5-6-8-19-9-10-20-11-12-21-16(18)17-13-15(3)4;/h14-15H,5-13H2,1-4H3,(H,17,18);1H4. The van der Waals surface area contributed by atoms with Crippen LogP contribution in [0.2, 0.25) is 0 Å². The van der Waals surface area contributed by atoms with E-state index in [1.54, 1.807) is 0 Å². The number of nitrogens with one attached hydrogen (secondary N) is 1. The summed E-state index contributed by atoms with van der Waals surface area (Å²) in [6.45, 7) is 11.8. The minimum Gasteiger partial charge on any atom is -0.447 e. The summed E-state index contributed by atoms with van der Waals surface area (Å²) in [7, 11) is 0. The maximum atomic E-state index is 11.2. The Balaban J connectivity index is 0. The third-order valence-corrected chi connectivity index (χ3v) is 2.81. The van der Waals surface area contributed by atoms with Crippen molar-refractivity contribution in [3.63, 3.8) is 0 Å². The Morgan fingerprint density at radius 2 is 1.45 bits per heavy atom. The van der Waals surface area contributed by atoms with Crippen LogP contribution in [0.5, 0.6) is 0 Å². The number of amides is 1. The van der Waals surface area contributed by atoms with Gasteiger partial charge in [0, 0.05) is 13.2 Å². The molecule has 0 fully saturated rings.